The van der Waals surface area contributed by atoms with Gasteiger partial charge in [0.05, 0.1) is 4.90 Å². The molecule has 3 aliphatic rings. The molecule has 0 bridgehead atoms. The summed E-state index contributed by atoms with van der Waals surface area (Å²) < 4.78 is 28.4. The molecular weight excluding hydrogens is 384 g/mol. The molecule has 152 valence electrons. The molecule has 0 aliphatic heterocycles. The number of fused-ring (bicyclic) bond motifs is 1. The average Bonchev–Trinajstić information content (AvgIpc) is 3.65. The number of hydrogen-bond donors (Lipinski definition) is 1. The molecule has 2 aromatic carbocycles. The molecule has 0 atom stereocenters. The van der Waals surface area contributed by atoms with Gasteiger partial charge in [0, 0.05) is 24.2 Å². The van der Waals surface area contributed by atoms with E-state index in [9.17, 15) is 13.2 Å². The zero-order valence-corrected chi connectivity index (χ0v) is 17.2. The number of sulfonamides is 1. The maximum absolute atomic E-state index is 13.4. The quantitative estimate of drug-likeness (QED) is 0.761. The van der Waals surface area contributed by atoms with Gasteiger partial charge < -0.3 is 5.32 Å². The van der Waals surface area contributed by atoms with Crippen LogP contribution in [0.5, 0.6) is 0 Å². The highest BCUT2D eigenvalue weighted by Crippen LogP contribution is 2.35. The summed E-state index contributed by atoms with van der Waals surface area (Å²) in [7, 11) is -3.54. The van der Waals surface area contributed by atoms with E-state index >= 15 is 0 Å². The molecule has 3 aliphatic carbocycles. The Morgan fingerprint density at radius 2 is 1.69 bits per heavy atom. The minimum absolute atomic E-state index is 0.0520. The maximum atomic E-state index is 13.4. The summed E-state index contributed by atoms with van der Waals surface area (Å²) in [4.78, 5) is 12.6. The third-order valence-electron chi connectivity index (χ3n) is 6.10. The second kappa shape index (κ2) is 7.26. The van der Waals surface area contributed by atoms with Crippen molar-refractivity contribution in [3.8, 4) is 0 Å². The topological polar surface area (TPSA) is 66.5 Å². The lowest BCUT2D eigenvalue weighted by atomic mass is 10.1. The molecule has 5 nitrogen and oxygen atoms in total. The highest BCUT2D eigenvalue weighted by Gasteiger charge is 2.38. The molecule has 0 saturated heterocycles. The second-order valence-corrected chi connectivity index (χ2v) is 10.4. The molecule has 0 unspecified atom stereocenters. The van der Waals surface area contributed by atoms with Crippen LogP contribution in [0.1, 0.15) is 59.2 Å². The van der Waals surface area contributed by atoms with Crippen LogP contribution in [0.2, 0.25) is 0 Å². The molecule has 29 heavy (non-hydrogen) atoms. The molecule has 2 saturated carbocycles. The predicted molar refractivity (Wildman–Crippen MR) is 111 cm³/mol. The van der Waals surface area contributed by atoms with Crippen LogP contribution in [0, 0.1) is 0 Å². The van der Waals surface area contributed by atoms with Crippen LogP contribution < -0.4 is 5.32 Å². The molecule has 2 fully saturated rings. The third kappa shape index (κ3) is 3.96. The number of carbonyl (C=O) groups is 1. The summed E-state index contributed by atoms with van der Waals surface area (Å²) in [5.41, 5.74) is 3.99. The number of hydrogen-bond acceptors (Lipinski definition) is 3. The van der Waals surface area contributed by atoms with Crippen molar-refractivity contribution < 1.29 is 13.2 Å². The van der Waals surface area contributed by atoms with E-state index in [1.165, 1.54) is 11.1 Å². The minimum atomic E-state index is -3.54. The van der Waals surface area contributed by atoms with Gasteiger partial charge in [-0.25, -0.2) is 8.42 Å². The van der Waals surface area contributed by atoms with Crippen molar-refractivity contribution in [2.75, 3.05) is 0 Å². The molecule has 0 spiro atoms. The van der Waals surface area contributed by atoms with Crippen LogP contribution >= 0.6 is 0 Å². The molecule has 0 heterocycles. The normalized spacial score (nSPS) is 18.7. The standard InChI is InChI=1S/C23H26N2O3S/c26-23(24-20-9-10-20)18-6-4-16(5-7-18)15-25(21-11-12-21)29(27,28)22-13-8-17-2-1-3-19(17)14-22/h4-8,13-14,20-21H,1-3,9-12,15H2,(H,24,26). The molecular formula is C23H26N2O3S. The van der Waals surface area contributed by atoms with Crippen molar-refractivity contribution >= 4 is 15.9 Å². The number of amides is 1. The monoisotopic (exact) mass is 410 g/mol. The first-order valence-corrected chi connectivity index (χ1v) is 12.0. The first-order valence-electron chi connectivity index (χ1n) is 10.5. The van der Waals surface area contributed by atoms with E-state index in [-0.39, 0.29) is 11.9 Å². The molecule has 1 amide bonds. The highest BCUT2D eigenvalue weighted by atomic mass is 32.2. The van der Waals surface area contributed by atoms with Crippen molar-refractivity contribution in [2.24, 2.45) is 0 Å². The molecule has 0 radical (unpaired) electrons. The predicted octanol–water partition coefficient (Wildman–Crippen LogP) is 3.42. The molecule has 2 aromatic rings. The van der Waals surface area contributed by atoms with E-state index in [0.717, 1.165) is 50.5 Å². The molecule has 6 heteroatoms. The van der Waals surface area contributed by atoms with E-state index in [1.54, 1.807) is 22.5 Å². The largest absolute Gasteiger partial charge is 0.349 e. The molecule has 1 N–H and O–H groups in total. The van der Waals surface area contributed by atoms with Crippen molar-refractivity contribution in [3.05, 3.63) is 64.7 Å². The summed E-state index contributed by atoms with van der Waals surface area (Å²) in [6.07, 6.45) is 7.04. The fraction of sp³-hybridized carbons (Fsp3) is 0.435. The van der Waals surface area contributed by atoms with Crippen LogP contribution in [0.25, 0.3) is 0 Å². The summed E-state index contributed by atoms with van der Waals surface area (Å²) in [5, 5.41) is 2.98. The van der Waals surface area contributed by atoms with Gasteiger partial charge in [-0.05, 0) is 85.9 Å². The summed E-state index contributed by atoms with van der Waals surface area (Å²) in [6.45, 7) is 0.342. The number of nitrogens with one attached hydrogen (secondary N) is 1. The van der Waals surface area contributed by atoms with Crippen LogP contribution in [0.3, 0.4) is 0 Å². The van der Waals surface area contributed by atoms with E-state index in [2.05, 4.69) is 5.32 Å². The number of benzene rings is 2. The van der Waals surface area contributed by atoms with Crippen molar-refractivity contribution in [1.29, 1.82) is 0 Å². The van der Waals surface area contributed by atoms with Crippen LogP contribution in [0.4, 0.5) is 0 Å². The molecule has 5 rings (SSSR count). The van der Waals surface area contributed by atoms with Crippen molar-refractivity contribution in [3.63, 3.8) is 0 Å². The van der Waals surface area contributed by atoms with Gasteiger partial charge in [0.1, 0.15) is 0 Å². The second-order valence-electron chi connectivity index (χ2n) is 8.51. The first-order chi connectivity index (χ1) is 14.0. The Morgan fingerprint density at radius 1 is 0.966 bits per heavy atom. The lowest BCUT2D eigenvalue weighted by Gasteiger charge is -2.22. The van der Waals surface area contributed by atoms with E-state index in [0.29, 0.717) is 23.0 Å². The summed E-state index contributed by atoms with van der Waals surface area (Å²) >= 11 is 0. The highest BCUT2D eigenvalue weighted by molar-refractivity contribution is 7.89. The Labute approximate surface area is 172 Å². The molecule has 0 aromatic heterocycles. The van der Waals surface area contributed by atoms with Gasteiger partial charge in [-0.2, -0.15) is 4.31 Å². The smallest absolute Gasteiger partial charge is 0.251 e. The lowest BCUT2D eigenvalue weighted by Crippen LogP contribution is -2.32. The van der Waals surface area contributed by atoms with Gasteiger partial charge in [-0.1, -0.05) is 18.2 Å². The average molecular weight is 411 g/mol. The SMILES string of the molecule is O=C(NC1CC1)c1ccc(CN(C2CC2)S(=O)(=O)c2ccc3c(c2)CCC3)cc1. The number of aryl methyl sites for hydroxylation is 2. The van der Waals surface area contributed by atoms with Crippen LogP contribution in [0.15, 0.2) is 47.4 Å². The fourth-order valence-electron chi connectivity index (χ4n) is 4.05. The Bertz CT molecular complexity index is 1040. The van der Waals surface area contributed by atoms with Gasteiger partial charge in [0.15, 0.2) is 0 Å². The van der Waals surface area contributed by atoms with Gasteiger partial charge >= 0.3 is 0 Å². The van der Waals surface area contributed by atoms with E-state index < -0.39 is 10.0 Å². The van der Waals surface area contributed by atoms with E-state index in [4.69, 9.17) is 0 Å². The number of rotatable bonds is 7. The van der Waals surface area contributed by atoms with Crippen LogP contribution in [-0.4, -0.2) is 30.7 Å². The zero-order chi connectivity index (χ0) is 20.0. The zero-order valence-electron chi connectivity index (χ0n) is 16.4. The Kier molecular flexibility index (Phi) is 4.71. The van der Waals surface area contributed by atoms with Gasteiger partial charge in [0.2, 0.25) is 10.0 Å². The first kappa shape index (κ1) is 18.8. The lowest BCUT2D eigenvalue weighted by molar-refractivity contribution is 0.0951. The van der Waals surface area contributed by atoms with Gasteiger partial charge in [-0.3, -0.25) is 4.79 Å². The maximum Gasteiger partial charge on any atom is 0.251 e. The summed E-state index contributed by atoms with van der Waals surface area (Å²) in [6, 6.07) is 13.3. The Morgan fingerprint density at radius 3 is 2.38 bits per heavy atom. The van der Waals surface area contributed by atoms with Gasteiger partial charge in [0.25, 0.3) is 5.91 Å². The van der Waals surface area contributed by atoms with E-state index in [1.807, 2.05) is 24.3 Å². The van der Waals surface area contributed by atoms with Gasteiger partial charge in [-0.15, -0.1) is 0 Å². The third-order valence-corrected chi connectivity index (χ3v) is 7.99. The summed E-state index contributed by atoms with van der Waals surface area (Å²) in [5.74, 6) is -0.0520. The Hall–Kier alpha value is -2.18. The van der Waals surface area contributed by atoms with Crippen molar-refractivity contribution in [2.45, 2.75) is 68.5 Å². The number of carbonyl (C=O) groups excluding carboxylic acids is 1. The fourth-order valence-corrected chi connectivity index (χ4v) is 5.78. The number of nitrogens with zero attached hydrogens (tertiary/aromatic N) is 1. The van der Waals surface area contributed by atoms with Crippen molar-refractivity contribution in [1.82, 2.24) is 9.62 Å². The minimum Gasteiger partial charge on any atom is -0.349 e. The van der Waals surface area contributed by atoms with Crippen LogP contribution in [-0.2, 0) is 29.4 Å². The Balaban J connectivity index is 1.35.